The molecule has 1 aromatic heterocycles. The molecule has 0 spiro atoms. The van der Waals surface area contributed by atoms with Gasteiger partial charge in [0.25, 0.3) is 0 Å². The molecule has 9 nitrogen and oxygen atoms in total. The third kappa shape index (κ3) is 7.69. The molecule has 0 saturated heterocycles. The number of alkyl carbamates (subject to hydrolysis) is 1. The van der Waals surface area contributed by atoms with Crippen molar-refractivity contribution < 1.29 is 24.5 Å². The second-order valence-corrected chi connectivity index (χ2v) is 11.0. The van der Waals surface area contributed by atoms with Crippen molar-refractivity contribution in [3.8, 4) is 0 Å². The summed E-state index contributed by atoms with van der Waals surface area (Å²) < 4.78 is 7.29. The lowest BCUT2D eigenvalue weighted by Crippen LogP contribution is -2.43. The van der Waals surface area contributed by atoms with Gasteiger partial charge in [0.2, 0.25) is 0 Å². The maximum absolute atomic E-state index is 12.3. The molecule has 5 rings (SSSR count). The minimum absolute atomic E-state index is 0.108. The van der Waals surface area contributed by atoms with Crippen LogP contribution in [0, 0.1) is 0 Å². The number of nitrogens with zero attached hydrogens (tertiary/aromatic N) is 2. The van der Waals surface area contributed by atoms with E-state index in [-0.39, 0.29) is 26.2 Å². The van der Waals surface area contributed by atoms with Gasteiger partial charge in [-0.2, -0.15) is 0 Å². The van der Waals surface area contributed by atoms with E-state index >= 15 is 0 Å². The highest BCUT2D eigenvalue weighted by Crippen LogP contribution is 2.40. The first-order chi connectivity index (χ1) is 22.5. The standard InChI is InChI=1S/C37H38N4O5/c42-25-32(40-36(45)46-26-28-13-5-1-6-14-28)21-22-38-34(35(43)44)23-33-24-41(27-39-33)37(29-15-7-2-8-16-29,30-17-9-3-10-18-30)31-19-11-4-12-20-31/h1-20,24,27,32,34,38,42H,21-23,25-26H2,(H,40,45)(H,43,44)/t32-,34-/m0/s1. The second-order valence-electron chi connectivity index (χ2n) is 11.0. The zero-order valence-corrected chi connectivity index (χ0v) is 25.4. The summed E-state index contributed by atoms with van der Waals surface area (Å²) in [5, 5.41) is 25.5. The van der Waals surface area contributed by atoms with Gasteiger partial charge in [0.15, 0.2) is 0 Å². The Morgan fingerprint density at radius 2 is 1.33 bits per heavy atom. The Morgan fingerprint density at radius 3 is 1.83 bits per heavy atom. The molecule has 0 saturated carbocycles. The van der Waals surface area contributed by atoms with Crippen LogP contribution in [-0.4, -0.2) is 57.1 Å². The zero-order chi connectivity index (χ0) is 32.2. The molecule has 2 atom stereocenters. The quantitative estimate of drug-likeness (QED) is 0.122. The number of aliphatic hydroxyl groups excluding tert-OH is 1. The maximum Gasteiger partial charge on any atom is 0.407 e. The van der Waals surface area contributed by atoms with Crippen molar-refractivity contribution in [3.63, 3.8) is 0 Å². The number of aliphatic hydroxyl groups is 1. The predicted molar refractivity (Wildman–Crippen MR) is 175 cm³/mol. The SMILES string of the molecule is O=C(N[C@H](CO)CCN[C@@H](Cc1cn(C(c2ccccc2)(c2ccccc2)c2ccccc2)cn1)C(=O)O)OCc1ccccc1. The van der Waals surface area contributed by atoms with Gasteiger partial charge in [-0.15, -0.1) is 0 Å². The predicted octanol–water partition coefficient (Wildman–Crippen LogP) is 4.99. The van der Waals surface area contributed by atoms with E-state index in [2.05, 4.69) is 52.0 Å². The van der Waals surface area contributed by atoms with Crippen molar-refractivity contribution in [3.05, 3.63) is 162 Å². The number of carboxylic acid groups (broad SMARTS) is 1. The molecule has 46 heavy (non-hydrogen) atoms. The van der Waals surface area contributed by atoms with Crippen LogP contribution in [0.1, 0.15) is 34.4 Å². The maximum atomic E-state index is 12.3. The number of aromatic nitrogens is 2. The minimum Gasteiger partial charge on any atom is -0.480 e. The monoisotopic (exact) mass is 618 g/mol. The van der Waals surface area contributed by atoms with E-state index < -0.39 is 29.7 Å². The van der Waals surface area contributed by atoms with Crippen LogP contribution in [0.2, 0.25) is 0 Å². The van der Waals surface area contributed by atoms with Gasteiger partial charge < -0.3 is 30.2 Å². The van der Waals surface area contributed by atoms with Gasteiger partial charge in [0.05, 0.1) is 24.7 Å². The largest absolute Gasteiger partial charge is 0.480 e. The molecule has 0 bridgehead atoms. The summed E-state index contributed by atoms with van der Waals surface area (Å²) >= 11 is 0. The highest BCUT2D eigenvalue weighted by molar-refractivity contribution is 5.73. The number of imidazole rings is 1. The van der Waals surface area contributed by atoms with Gasteiger partial charge >= 0.3 is 12.1 Å². The van der Waals surface area contributed by atoms with Crippen LogP contribution < -0.4 is 10.6 Å². The number of hydrogen-bond donors (Lipinski definition) is 4. The molecule has 1 heterocycles. The Morgan fingerprint density at radius 1 is 0.804 bits per heavy atom. The fourth-order valence-corrected chi connectivity index (χ4v) is 5.67. The highest BCUT2D eigenvalue weighted by Gasteiger charge is 2.38. The fourth-order valence-electron chi connectivity index (χ4n) is 5.67. The molecule has 5 aromatic rings. The number of aliphatic carboxylic acids is 1. The molecule has 236 valence electrons. The first-order valence-electron chi connectivity index (χ1n) is 15.2. The number of hydrogen-bond acceptors (Lipinski definition) is 6. The van der Waals surface area contributed by atoms with Gasteiger partial charge in [0.1, 0.15) is 18.2 Å². The molecule has 0 aliphatic carbocycles. The Kier molecular flexibility index (Phi) is 10.9. The normalized spacial score (nSPS) is 12.6. The number of ether oxygens (including phenoxy) is 1. The van der Waals surface area contributed by atoms with Crippen LogP contribution in [0.5, 0.6) is 0 Å². The summed E-state index contributed by atoms with van der Waals surface area (Å²) in [6.45, 7) is 0.0333. The van der Waals surface area contributed by atoms with Crippen molar-refractivity contribution >= 4 is 12.1 Å². The van der Waals surface area contributed by atoms with E-state index in [1.165, 1.54) is 0 Å². The van der Waals surface area contributed by atoms with Crippen LogP contribution >= 0.6 is 0 Å². The average Bonchev–Trinajstić information content (AvgIpc) is 3.57. The van der Waals surface area contributed by atoms with Crippen LogP contribution in [-0.2, 0) is 28.1 Å². The Balaban J connectivity index is 1.30. The zero-order valence-electron chi connectivity index (χ0n) is 25.4. The summed E-state index contributed by atoms with van der Waals surface area (Å²) in [7, 11) is 0. The van der Waals surface area contributed by atoms with Gasteiger partial charge in [-0.05, 0) is 35.2 Å². The van der Waals surface area contributed by atoms with Gasteiger partial charge in [-0.1, -0.05) is 121 Å². The lowest BCUT2D eigenvalue weighted by Gasteiger charge is -2.37. The fraction of sp³-hybridized carbons (Fsp3) is 0.216. The van der Waals surface area contributed by atoms with Crippen molar-refractivity contribution in [1.29, 1.82) is 0 Å². The molecule has 0 radical (unpaired) electrons. The van der Waals surface area contributed by atoms with Crippen molar-refractivity contribution in [2.24, 2.45) is 0 Å². The van der Waals surface area contributed by atoms with Crippen LogP contribution in [0.25, 0.3) is 0 Å². The van der Waals surface area contributed by atoms with E-state index in [9.17, 15) is 19.8 Å². The Bertz CT molecular complexity index is 1570. The molecule has 4 N–H and O–H groups in total. The number of amides is 1. The average molecular weight is 619 g/mol. The van der Waals surface area contributed by atoms with Gasteiger partial charge in [-0.3, -0.25) is 4.79 Å². The number of carboxylic acids is 1. The lowest BCUT2D eigenvalue weighted by molar-refractivity contribution is -0.139. The first-order valence-corrected chi connectivity index (χ1v) is 15.2. The van der Waals surface area contributed by atoms with Crippen molar-refractivity contribution in [2.75, 3.05) is 13.2 Å². The third-order valence-electron chi connectivity index (χ3n) is 7.95. The lowest BCUT2D eigenvalue weighted by atomic mass is 9.77. The first kappa shape index (κ1) is 32.2. The van der Waals surface area contributed by atoms with E-state index in [0.29, 0.717) is 12.1 Å². The number of nitrogens with one attached hydrogen (secondary N) is 2. The Hall–Kier alpha value is -5.25. The number of benzene rings is 4. The number of rotatable bonds is 15. The summed E-state index contributed by atoms with van der Waals surface area (Å²) in [6, 6.07) is 38.3. The van der Waals surface area contributed by atoms with Crippen molar-refractivity contribution in [2.45, 2.75) is 37.1 Å². The van der Waals surface area contributed by atoms with Crippen LogP contribution in [0.4, 0.5) is 4.79 Å². The molecular formula is C37H38N4O5. The van der Waals surface area contributed by atoms with Gasteiger partial charge in [-0.25, -0.2) is 9.78 Å². The van der Waals surface area contributed by atoms with Crippen molar-refractivity contribution in [1.82, 2.24) is 20.2 Å². The molecule has 0 fully saturated rings. The number of carbonyl (C=O) groups is 2. The molecule has 0 unspecified atom stereocenters. The molecular weight excluding hydrogens is 580 g/mol. The van der Waals surface area contributed by atoms with Gasteiger partial charge in [0, 0.05) is 12.6 Å². The third-order valence-corrected chi connectivity index (χ3v) is 7.95. The molecule has 9 heteroatoms. The second kappa shape index (κ2) is 15.7. The highest BCUT2D eigenvalue weighted by atomic mass is 16.5. The summed E-state index contributed by atoms with van der Waals surface area (Å²) in [6.07, 6.45) is 3.45. The van der Waals surface area contributed by atoms with Crippen LogP contribution in [0.3, 0.4) is 0 Å². The summed E-state index contributed by atoms with van der Waals surface area (Å²) in [5.41, 5.74) is 3.81. The molecule has 4 aromatic carbocycles. The molecule has 0 aliphatic heterocycles. The smallest absolute Gasteiger partial charge is 0.407 e. The summed E-state index contributed by atoms with van der Waals surface area (Å²) in [4.78, 5) is 29.2. The van der Waals surface area contributed by atoms with E-state index in [4.69, 9.17) is 4.74 Å². The molecule has 1 amide bonds. The van der Waals surface area contributed by atoms with E-state index in [0.717, 1.165) is 22.3 Å². The summed E-state index contributed by atoms with van der Waals surface area (Å²) in [5.74, 6) is -1.02. The Labute approximate surface area is 268 Å². The molecule has 0 aliphatic rings. The van der Waals surface area contributed by atoms with E-state index in [1.807, 2.05) is 95.7 Å². The van der Waals surface area contributed by atoms with E-state index in [1.54, 1.807) is 6.33 Å². The number of carbonyl (C=O) groups excluding carboxylic acids is 1. The topological polar surface area (TPSA) is 126 Å². The minimum atomic E-state index is -1.02. The van der Waals surface area contributed by atoms with Crippen LogP contribution in [0.15, 0.2) is 134 Å².